The summed E-state index contributed by atoms with van der Waals surface area (Å²) < 4.78 is 16.6. The van der Waals surface area contributed by atoms with Gasteiger partial charge in [0.1, 0.15) is 5.82 Å². The molecular formula is C18H15BrFN7O. The molecular weight excluding hydrogens is 429 g/mol. The highest BCUT2D eigenvalue weighted by molar-refractivity contribution is 9.10. The number of fused-ring (bicyclic) bond motifs is 1. The zero-order chi connectivity index (χ0) is 19.8. The summed E-state index contributed by atoms with van der Waals surface area (Å²) in [5.41, 5.74) is 2.22. The van der Waals surface area contributed by atoms with Gasteiger partial charge in [0, 0.05) is 11.9 Å². The largest absolute Gasteiger partial charge is 0.322 e. The molecule has 1 aromatic carbocycles. The molecule has 142 valence electrons. The monoisotopic (exact) mass is 443 g/mol. The number of nitrogens with zero attached hydrogens (tertiary/aromatic N) is 6. The van der Waals surface area contributed by atoms with Crippen molar-refractivity contribution in [2.75, 3.05) is 5.32 Å². The lowest BCUT2D eigenvalue weighted by atomic mass is 10.1. The Labute approximate surface area is 167 Å². The average molecular weight is 444 g/mol. The first-order valence-electron chi connectivity index (χ1n) is 8.50. The van der Waals surface area contributed by atoms with Crippen molar-refractivity contribution >= 4 is 33.0 Å². The second-order valence-electron chi connectivity index (χ2n) is 6.07. The molecule has 0 aliphatic carbocycles. The molecule has 1 amide bonds. The lowest BCUT2D eigenvalue weighted by molar-refractivity contribution is 0.102. The van der Waals surface area contributed by atoms with Crippen molar-refractivity contribution in [1.29, 1.82) is 0 Å². The van der Waals surface area contributed by atoms with Crippen molar-refractivity contribution in [3.63, 3.8) is 0 Å². The van der Waals surface area contributed by atoms with Gasteiger partial charge in [-0.3, -0.25) is 4.79 Å². The van der Waals surface area contributed by atoms with Crippen molar-refractivity contribution in [2.45, 2.75) is 20.4 Å². The van der Waals surface area contributed by atoms with Gasteiger partial charge in [0.2, 0.25) is 5.82 Å². The van der Waals surface area contributed by atoms with Gasteiger partial charge >= 0.3 is 0 Å². The highest BCUT2D eigenvalue weighted by Gasteiger charge is 2.21. The third-order valence-electron chi connectivity index (χ3n) is 4.35. The first kappa shape index (κ1) is 18.2. The van der Waals surface area contributed by atoms with Crippen LogP contribution in [0.3, 0.4) is 0 Å². The highest BCUT2D eigenvalue weighted by Crippen LogP contribution is 2.34. The van der Waals surface area contributed by atoms with E-state index >= 15 is 0 Å². The number of aromatic nitrogens is 6. The quantitative estimate of drug-likeness (QED) is 0.521. The van der Waals surface area contributed by atoms with E-state index < -0.39 is 5.82 Å². The smallest absolute Gasteiger partial charge is 0.259 e. The number of amides is 1. The number of rotatable bonds is 4. The standard InChI is InChI=1S/C18H15BrFN7O/c1-3-27-24-17(23-25-27)11-8-13(10(2)15(19)16(11)20)22-18(28)12-9-21-26-7-5-4-6-14(12)26/h4-9H,3H2,1-2H3,(H,22,28). The number of carbonyl (C=O) groups is 1. The van der Waals surface area contributed by atoms with Crippen LogP contribution in [0.25, 0.3) is 16.9 Å². The molecule has 0 atom stereocenters. The normalized spacial score (nSPS) is 11.1. The first-order chi connectivity index (χ1) is 13.5. The molecule has 8 nitrogen and oxygen atoms in total. The Kier molecular flexibility index (Phi) is 4.63. The van der Waals surface area contributed by atoms with Crippen molar-refractivity contribution in [2.24, 2.45) is 0 Å². The molecule has 0 fully saturated rings. The average Bonchev–Trinajstić information content (AvgIpc) is 3.35. The molecule has 3 aromatic heterocycles. The Balaban J connectivity index is 1.74. The van der Waals surface area contributed by atoms with Gasteiger partial charge in [0.15, 0.2) is 0 Å². The Morgan fingerprint density at radius 3 is 2.93 bits per heavy atom. The van der Waals surface area contributed by atoms with E-state index in [4.69, 9.17) is 0 Å². The summed E-state index contributed by atoms with van der Waals surface area (Å²) in [6.45, 7) is 4.08. The summed E-state index contributed by atoms with van der Waals surface area (Å²) in [6.07, 6.45) is 3.25. The van der Waals surface area contributed by atoms with Crippen LogP contribution in [0.4, 0.5) is 10.1 Å². The fourth-order valence-electron chi connectivity index (χ4n) is 2.79. The number of anilines is 1. The Morgan fingerprint density at radius 2 is 2.18 bits per heavy atom. The van der Waals surface area contributed by atoms with Crippen LogP contribution in [0.1, 0.15) is 22.8 Å². The van der Waals surface area contributed by atoms with Gasteiger partial charge in [-0.15, -0.1) is 10.2 Å². The van der Waals surface area contributed by atoms with E-state index in [1.54, 1.807) is 23.7 Å². The number of hydrogen-bond donors (Lipinski definition) is 1. The molecule has 0 saturated heterocycles. The van der Waals surface area contributed by atoms with Gasteiger partial charge < -0.3 is 5.32 Å². The lowest BCUT2D eigenvalue weighted by Crippen LogP contribution is -2.13. The predicted octanol–water partition coefficient (Wildman–Crippen LogP) is 3.47. The van der Waals surface area contributed by atoms with Crippen molar-refractivity contribution < 1.29 is 9.18 Å². The molecule has 0 bridgehead atoms. The number of nitrogens with one attached hydrogen (secondary N) is 1. The van der Waals surface area contributed by atoms with E-state index in [-0.39, 0.29) is 21.8 Å². The van der Waals surface area contributed by atoms with Gasteiger partial charge in [-0.1, -0.05) is 6.07 Å². The minimum Gasteiger partial charge on any atom is -0.322 e. The third kappa shape index (κ3) is 3.05. The van der Waals surface area contributed by atoms with Crippen LogP contribution in [0.15, 0.2) is 41.1 Å². The second kappa shape index (κ2) is 7.12. The third-order valence-corrected chi connectivity index (χ3v) is 5.29. The maximum Gasteiger partial charge on any atom is 0.259 e. The number of halogens is 2. The predicted molar refractivity (Wildman–Crippen MR) is 104 cm³/mol. The van der Waals surface area contributed by atoms with Crippen LogP contribution in [0, 0.1) is 12.7 Å². The molecule has 0 aliphatic rings. The number of benzene rings is 1. The van der Waals surface area contributed by atoms with Gasteiger partial charge in [-0.2, -0.15) is 9.90 Å². The van der Waals surface area contributed by atoms with Crippen LogP contribution in [0.5, 0.6) is 0 Å². The molecule has 4 aromatic rings. The molecule has 0 aliphatic heterocycles. The SMILES string of the molecule is CCn1nnc(-c2cc(NC(=O)c3cnn4ccccc34)c(C)c(Br)c2F)n1. The highest BCUT2D eigenvalue weighted by atomic mass is 79.9. The molecule has 1 N–H and O–H groups in total. The summed E-state index contributed by atoms with van der Waals surface area (Å²) in [5, 5.41) is 18.9. The van der Waals surface area contributed by atoms with E-state index in [1.807, 2.05) is 19.1 Å². The maximum absolute atomic E-state index is 14.8. The zero-order valence-corrected chi connectivity index (χ0v) is 16.6. The van der Waals surface area contributed by atoms with Crippen LogP contribution in [-0.4, -0.2) is 35.7 Å². The molecule has 0 saturated carbocycles. The topological polar surface area (TPSA) is 90.0 Å². The van der Waals surface area contributed by atoms with Gasteiger partial charge in [-0.05, 0) is 58.8 Å². The van der Waals surface area contributed by atoms with E-state index in [1.165, 1.54) is 17.1 Å². The summed E-state index contributed by atoms with van der Waals surface area (Å²) in [4.78, 5) is 14.2. The van der Waals surface area contributed by atoms with Gasteiger partial charge in [0.25, 0.3) is 5.91 Å². The molecule has 0 unspecified atom stereocenters. The molecule has 10 heteroatoms. The minimum absolute atomic E-state index is 0.145. The van der Waals surface area contributed by atoms with Gasteiger partial charge in [0.05, 0.1) is 33.9 Å². The molecule has 3 heterocycles. The Hall–Kier alpha value is -3.14. The summed E-state index contributed by atoms with van der Waals surface area (Å²) in [6, 6.07) is 6.96. The van der Waals surface area contributed by atoms with E-state index in [2.05, 4.69) is 41.8 Å². The zero-order valence-electron chi connectivity index (χ0n) is 15.0. The van der Waals surface area contributed by atoms with Crippen LogP contribution < -0.4 is 5.32 Å². The number of hydrogen-bond acceptors (Lipinski definition) is 5. The second-order valence-corrected chi connectivity index (χ2v) is 6.86. The fraction of sp³-hybridized carbons (Fsp3) is 0.167. The van der Waals surface area contributed by atoms with E-state index in [0.717, 1.165) is 0 Å². The Morgan fingerprint density at radius 1 is 1.36 bits per heavy atom. The summed E-state index contributed by atoms with van der Waals surface area (Å²) in [7, 11) is 0. The first-order valence-corrected chi connectivity index (χ1v) is 9.29. The maximum atomic E-state index is 14.8. The molecule has 4 rings (SSSR count). The Bertz CT molecular complexity index is 1200. The van der Waals surface area contributed by atoms with E-state index in [0.29, 0.717) is 28.9 Å². The van der Waals surface area contributed by atoms with Crippen LogP contribution in [0.2, 0.25) is 0 Å². The minimum atomic E-state index is -0.512. The van der Waals surface area contributed by atoms with Crippen molar-refractivity contribution in [1.82, 2.24) is 29.8 Å². The number of carbonyl (C=O) groups excluding carboxylic acids is 1. The van der Waals surface area contributed by atoms with Gasteiger partial charge in [-0.25, -0.2) is 8.91 Å². The van der Waals surface area contributed by atoms with Crippen molar-refractivity contribution in [3.8, 4) is 11.4 Å². The van der Waals surface area contributed by atoms with Crippen LogP contribution in [-0.2, 0) is 6.54 Å². The fourth-order valence-corrected chi connectivity index (χ4v) is 3.22. The van der Waals surface area contributed by atoms with E-state index in [9.17, 15) is 9.18 Å². The molecule has 0 radical (unpaired) electrons. The number of tetrazole rings is 1. The summed E-state index contributed by atoms with van der Waals surface area (Å²) in [5.74, 6) is -0.715. The number of pyridine rings is 1. The van der Waals surface area contributed by atoms with Crippen LogP contribution >= 0.6 is 15.9 Å². The van der Waals surface area contributed by atoms with Crippen molar-refractivity contribution in [3.05, 3.63) is 58.1 Å². The summed E-state index contributed by atoms with van der Waals surface area (Å²) >= 11 is 3.25. The molecule has 28 heavy (non-hydrogen) atoms. The number of aryl methyl sites for hydroxylation is 1. The molecule has 0 spiro atoms. The lowest BCUT2D eigenvalue weighted by Gasteiger charge is -2.12.